The second kappa shape index (κ2) is 14.2. The first-order chi connectivity index (χ1) is 17.5. The van der Waals surface area contributed by atoms with Gasteiger partial charge in [-0.1, -0.05) is 36.4 Å². The number of rotatable bonds is 10. The molecular weight excluding hydrogens is 535 g/mol. The molecule has 0 bridgehead atoms. The lowest BCUT2D eigenvalue weighted by molar-refractivity contribution is -0.134. The minimum Gasteiger partial charge on any atom is -0.493 e. The van der Waals surface area contributed by atoms with Crippen molar-refractivity contribution in [2.24, 2.45) is 11.1 Å². The highest BCUT2D eigenvalue weighted by Gasteiger charge is 2.34. The van der Waals surface area contributed by atoms with E-state index < -0.39 is 0 Å². The van der Waals surface area contributed by atoms with Crippen molar-refractivity contribution in [1.29, 1.82) is 0 Å². The third-order valence-electron chi connectivity index (χ3n) is 7.98. The first-order valence-electron chi connectivity index (χ1n) is 13.4. The standard InChI is InChI=1S/C29H41FN4O2.BrH/c1-2-36-27-10-6-9-26(30)25(27)21-33-17-19-34(20-18-33)28(35)22-32-15-13-29(23-31,14-16-32)12-11-24-7-4-3-5-8-24;/h3-10H,2,11-23,31H2,1H3;1H. The molecule has 204 valence electrons. The van der Waals surface area contributed by atoms with E-state index in [1.54, 1.807) is 6.07 Å². The van der Waals surface area contributed by atoms with E-state index in [0.29, 0.717) is 50.6 Å². The maximum Gasteiger partial charge on any atom is 0.236 e. The molecule has 0 aromatic heterocycles. The largest absolute Gasteiger partial charge is 0.493 e. The van der Waals surface area contributed by atoms with Gasteiger partial charge in [-0.25, -0.2) is 4.39 Å². The molecule has 0 atom stereocenters. The summed E-state index contributed by atoms with van der Waals surface area (Å²) in [6.07, 6.45) is 4.24. The Morgan fingerprint density at radius 1 is 0.973 bits per heavy atom. The Morgan fingerprint density at radius 2 is 1.68 bits per heavy atom. The Balaban J connectivity index is 0.00000380. The number of piperazine rings is 1. The van der Waals surface area contributed by atoms with E-state index >= 15 is 0 Å². The van der Waals surface area contributed by atoms with Gasteiger partial charge in [-0.2, -0.15) is 0 Å². The van der Waals surface area contributed by atoms with Crippen LogP contribution in [-0.4, -0.2) is 79.6 Å². The normalized spacial score (nSPS) is 18.3. The van der Waals surface area contributed by atoms with Crippen LogP contribution in [0, 0.1) is 11.2 Å². The van der Waals surface area contributed by atoms with E-state index in [0.717, 1.165) is 51.9 Å². The molecule has 2 aliphatic heterocycles. The molecule has 2 saturated heterocycles. The number of likely N-dealkylation sites (tertiary alicyclic amines) is 1. The van der Waals surface area contributed by atoms with Gasteiger partial charge in [0.05, 0.1) is 13.2 Å². The molecule has 1 amide bonds. The minimum absolute atomic E-state index is 0. The third kappa shape index (κ3) is 7.99. The van der Waals surface area contributed by atoms with Crippen LogP contribution in [0.25, 0.3) is 0 Å². The van der Waals surface area contributed by atoms with Crippen molar-refractivity contribution in [2.45, 2.75) is 39.2 Å². The van der Waals surface area contributed by atoms with Crippen molar-refractivity contribution < 1.29 is 13.9 Å². The van der Waals surface area contributed by atoms with E-state index in [-0.39, 0.29) is 34.1 Å². The second-order valence-corrected chi connectivity index (χ2v) is 10.3. The number of amides is 1. The van der Waals surface area contributed by atoms with Crippen LogP contribution in [-0.2, 0) is 17.8 Å². The van der Waals surface area contributed by atoms with Gasteiger partial charge >= 0.3 is 0 Å². The number of carbonyl (C=O) groups is 1. The summed E-state index contributed by atoms with van der Waals surface area (Å²) in [5.41, 5.74) is 8.38. The Kier molecular flexibility index (Phi) is 11.4. The quantitative estimate of drug-likeness (QED) is 0.461. The monoisotopic (exact) mass is 576 g/mol. The molecule has 2 heterocycles. The van der Waals surface area contributed by atoms with E-state index in [1.165, 1.54) is 11.6 Å². The van der Waals surface area contributed by atoms with Crippen LogP contribution in [0.1, 0.15) is 37.3 Å². The van der Waals surface area contributed by atoms with Crippen LogP contribution in [0.2, 0.25) is 0 Å². The molecule has 2 N–H and O–H groups in total. The SMILES string of the molecule is Br.CCOc1cccc(F)c1CN1CCN(C(=O)CN2CCC(CN)(CCc3ccccc3)CC2)CC1. The maximum atomic E-state index is 14.4. The number of aryl methyl sites for hydroxylation is 1. The molecule has 2 aromatic rings. The van der Waals surface area contributed by atoms with Gasteiger partial charge in [-0.05, 0) is 75.4 Å². The number of nitrogens with two attached hydrogens (primary N) is 1. The number of carbonyl (C=O) groups excluding carboxylic acids is 1. The van der Waals surface area contributed by atoms with E-state index in [2.05, 4.69) is 40.1 Å². The predicted molar refractivity (Wildman–Crippen MR) is 152 cm³/mol. The zero-order chi connectivity index (χ0) is 25.4. The van der Waals surface area contributed by atoms with Crippen molar-refractivity contribution in [3.8, 4) is 5.75 Å². The molecule has 0 saturated carbocycles. The van der Waals surface area contributed by atoms with Crippen molar-refractivity contribution in [2.75, 3.05) is 59.0 Å². The Morgan fingerprint density at radius 3 is 2.32 bits per heavy atom. The van der Waals surface area contributed by atoms with Crippen molar-refractivity contribution in [3.63, 3.8) is 0 Å². The number of ether oxygens (including phenoxy) is 1. The highest BCUT2D eigenvalue weighted by Crippen LogP contribution is 2.35. The fraction of sp³-hybridized carbons (Fsp3) is 0.552. The van der Waals surface area contributed by atoms with E-state index in [4.69, 9.17) is 10.5 Å². The number of piperidine rings is 1. The van der Waals surface area contributed by atoms with Crippen molar-refractivity contribution in [3.05, 3.63) is 65.5 Å². The van der Waals surface area contributed by atoms with Gasteiger partial charge in [0.1, 0.15) is 11.6 Å². The highest BCUT2D eigenvalue weighted by atomic mass is 79.9. The van der Waals surface area contributed by atoms with Crippen molar-refractivity contribution in [1.82, 2.24) is 14.7 Å². The van der Waals surface area contributed by atoms with Crippen LogP contribution >= 0.6 is 17.0 Å². The predicted octanol–water partition coefficient (Wildman–Crippen LogP) is 4.12. The molecule has 2 fully saturated rings. The summed E-state index contributed by atoms with van der Waals surface area (Å²) < 4.78 is 20.0. The lowest BCUT2D eigenvalue weighted by Gasteiger charge is -2.42. The summed E-state index contributed by atoms with van der Waals surface area (Å²) in [4.78, 5) is 19.5. The zero-order valence-electron chi connectivity index (χ0n) is 22.0. The number of halogens is 2. The summed E-state index contributed by atoms with van der Waals surface area (Å²) in [6, 6.07) is 15.6. The first kappa shape index (κ1) is 29.6. The van der Waals surface area contributed by atoms with E-state index in [1.807, 2.05) is 17.9 Å². The van der Waals surface area contributed by atoms with Gasteiger partial charge in [0, 0.05) is 38.3 Å². The second-order valence-electron chi connectivity index (χ2n) is 10.3. The first-order valence-corrected chi connectivity index (χ1v) is 13.4. The van der Waals surface area contributed by atoms with Crippen LogP contribution in [0.5, 0.6) is 5.75 Å². The lowest BCUT2D eigenvalue weighted by atomic mass is 9.74. The molecule has 6 nitrogen and oxygen atoms in total. The zero-order valence-corrected chi connectivity index (χ0v) is 23.8. The molecule has 37 heavy (non-hydrogen) atoms. The van der Waals surface area contributed by atoms with Crippen LogP contribution < -0.4 is 10.5 Å². The summed E-state index contributed by atoms with van der Waals surface area (Å²) >= 11 is 0. The van der Waals surface area contributed by atoms with Crippen LogP contribution in [0.3, 0.4) is 0 Å². The number of benzene rings is 2. The number of hydrogen-bond acceptors (Lipinski definition) is 5. The smallest absolute Gasteiger partial charge is 0.236 e. The molecular formula is C29H42BrFN4O2. The van der Waals surface area contributed by atoms with Gasteiger partial charge < -0.3 is 15.4 Å². The average Bonchev–Trinajstić information content (AvgIpc) is 2.91. The third-order valence-corrected chi connectivity index (χ3v) is 7.98. The van der Waals surface area contributed by atoms with Gasteiger partial charge in [-0.3, -0.25) is 14.6 Å². The molecule has 4 rings (SSSR count). The molecule has 0 radical (unpaired) electrons. The van der Waals surface area contributed by atoms with Gasteiger partial charge in [0.25, 0.3) is 0 Å². The Bertz CT molecular complexity index is 977. The average molecular weight is 578 g/mol. The molecule has 8 heteroatoms. The molecule has 0 spiro atoms. The molecule has 2 aliphatic rings. The highest BCUT2D eigenvalue weighted by molar-refractivity contribution is 8.93. The van der Waals surface area contributed by atoms with Crippen LogP contribution in [0.15, 0.2) is 48.5 Å². The summed E-state index contributed by atoms with van der Waals surface area (Å²) in [5, 5.41) is 0. The summed E-state index contributed by atoms with van der Waals surface area (Å²) in [7, 11) is 0. The lowest BCUT2D eigenvalue weighted by Crippen LogP contribution is -2.52. The van der Waals surface area contributed by atoms with Gasteiger partial charge in [0.15, 0.2) is 0 Å². The topological polar surface area (TPSA) is 62.0 Å². The van der Waals surface area contributed by atoms with Crippen LogP contribution in [0.4, 0.5) is 4.39 Å². The van der Waals surface area contributed by atoms with Crippen molar-refractivity contribution >= 4 is 22.9 Å². The van der Waals surface area contributed by atoms with E-state index in [9.17, 15) is 9.18 Å². The van der Waals surface area contributed by atoms with Gasteiger partial charge in [0.2, 0.25) is 5.91 Å². The Hall–Kier alpha value is -2.00. The van der Waals surface area contributed by atoms with Gasteiger partial charge in [-0.15, -0.1) is 17.0 Å². The summed E-state index contributed by atoms with van der Waals surface area (Å²) in [5.74, 6) is 0.570. The Labute approximate surface area is 231 Å². The maximum absolute atomic E-state index is 14.4. The fourth-order valence-electron chi connectivity index (χ4n) is 5.45. The minimum atomic E-state index is -0.234. The number of hydrogen-bond donors (Lipinski definition) is 1. The molecule has 0 aliphatic carbocycles. The summed E-state index contributed by atoms with van der Waals surface area (Å²) in [6.45, 7) is 8.76. The number of nitrogens with zero attached hydrogens (tertiary/aromatic N) is 3. The fourth-order valence-corrected chi connectivity index (χ4v) is 5.45. The molecule has 2 aromatic carbocycles. The molecule has 0 unspecified atom stereocenters.